The largest absolute Gasteiger partial charge is 0.464 e. The summed E-state index contributed by atoms with van der Waals surface area (Å²) in [6, 6.07) is 53.8. The van der Waals surface area contributed by atoms with Crippen LogP contribution in [0, 0.1) is 20.8 Å². The van der Waals surface area contributed by atoms with E-state index in [-0.39, 0.29) is 120 Å². The summed E-state index contributed by atoms with van der Waals surface area (Å²) in [4.78, 5) is 122. The lowest BCUT2D eigenvalue weighted by Crippen LogP contribution is -2.32. The number of hydrogen-bond acceptors (Lipinski definition) is 25. The Labute approximate surface area is 823 Å². The van der Waals surface area contributed by atoms with Gasteiger partial charge in [0.15, 0.2) is 0 Å². The van der Waals surface area contributed by atoms with E-state index in [1.165, 1.54) is 5.39 Å². The van der Waals surface area contributed by atoms with Crippen LogP contribution >= 0.6 is 0 Å². The molecule has 0 aliphatic rings. The third-order valence-electron chi connectivity index (χ3n) is 25.6. The Morgan fingerprint density at radius 2 is 0.667 bits per heavy atom. The van der Waals surface area contributed by atoms with E-state index in [4.69, 9.17) is 44.2 Å². The molecule has 0 fully saturated rings. The van der Waals surface area contributed by atoms with Gasteiger partial charge in [-0.05, 0) is 196 Å². The fraction of sp³-hybridized carbons (Fsp3) is 0.292. The van der Waals surface area contributed by atoms with Gasteiger partial charge in [-0.1, -0.05) is 101 Å². The Morgan fingerprint density at radius 1 is 0.299 bits per heavy atom. The molecular formula is C113H114N6O25. The maximum Gasteiger partial charge on any atom is 0.339 e. The molecule has 31 heteroatoms. The predicted molar refractivity (Wildman–Crippen MR) is 551 cm³/mol. The van der Waals surface area contributed by atoms with Crippen LogP contribution in [0.25, 0.3) is 148 Å². The molecule has 11 aromatic heterocycles. The maximum absolute atomic E-state index is 12.6. The van der Waals surface area contributed by atoms with E-state index in [1.54, 1.807) is 79.8 Å². The number of rotatable bonds is 33. The zero-order valence-electron chi connectivity index (χ0n) is 81.1. The molecule has 8 aromatic carbocycles. The summed E-state index contributed by atoms with van der Waals surface area (Å²) in [5.74, 6) is -1.03. The van der Waals surface area contributed by atoms with Crippen LogP contribution in [0.2, 0.25) is 0 Å². The number of carbonyl (C=O) groups excluding carboxylic acids is 5. The Bertz CT molecular complexity index is 8180. The number of fused-ring (bicyclic) bond motifs is 11. The highest BCUT2D eigenvalue weighted by Crippen LogP contribution is 2.39. The van der Waals surface area contributed by atoms with Crippen LogP contribution in [0.5, 0.6) is 0 Å². The Morgan fingerprint density at radius 3 is 1.13 bits per heavy atom. The van der Waals surface area contributed by atoms with E-state index in [0.717, 1.165) is 104 Å². The van der Waals surface area contributed by atoms with Gasteiger partial charge in [0.2, 0.25) is 29.5 Å². The first-order chi connectivity index (χ1) is 69.5. The Balaban J connectivity index is 0.000000136. The van der Waals surface area contributed by atoms with E-state index in [9.17, 15) is 73.5 Å². The van der Waals surface area contributed by atoms with Crippen LogP contribution in [0.3, 0.4) is 0 Å². The van der Waals surface area contributed by atoms with Crippen molar-refractivity contribution in [2.45, 2.75) is 182 Å². The molecule has 746 valence electrons. The number of nitrogens with zero attached hydrogens (tertiary/aromatic N) is 1. The Hall–Kier alpha value is -15.8. The molecule has 31 nitrogen and oxygen atoms in total. The smallest absolute Gasteiger partial charge is 0.339 e. The molecule has 0 bridgehead atoms. The third kappa shape index (κ3) is 25.0. The number of aliphatic hydroxyl groups is 5. The first-order valence-corrected chi connectivity index (χ1v) is 48.2. The molecule has 19 aromatic rings. The zero-order chi connectivity index (χ0) is 102. The number of amides is 5. The first kappa shape index (κ1) is 103. The summed E-state index contributed by atoms with van der Waals surface area (Å²) in [5.41, 5.74) is 13.2. The molecule has 144 heavy (non-hydrogen) atoms. The number of benzene rings is 8. The highest BCUT2D eigenvalue weighted by molar-refractivity contribution is 6.05. The fourth-order valence-electron chi connectivity index (χ4n) is 16.7. The molecule has 5 atom stereocenters. The normalized spacial score (nSPS) is 12.5. The minimum absolute atomic E-state index is 0.142. The van der Waals surface area contributed by atoms with Crippen molar-refractivity contribution in [1.29, 1.82) is 0 Å². The first-order valence-electron chi connectivity index (χ1n) is 48.2. The fourth-order valence-corrected chi connectivity index (χ4v) is 16.7. The number of nitrogens with one attached hydrogen (secondary N) is 5. The monoisotopic (exact) mass is 1950 g/mol. The molecule has 0 aliphatic heterocycles. The van der Waals surface area contributed by atoms with Gasteiger partial charge in [0.05, 0.1) is 61.3 Å². The molecule has 5 amide bonds. The number of carbonyl (C=O) groups is 5. The van der Waals surface area contributed by atoms with Crippen LogP contribution in [-0.4, -0.2) is 123 Å². The quantitative estimate of drug-likeness (QED) is 0.0171. The van der Waals surface area contributed by atoms with Gasteiger partial charge in [-0.3, -0.25) is 24.0 Å². The number of aliphatic hydroxyl groups excluding tert-OH is 5. The molecule has 0 radical (unpaired) electrons. The molecule has 0 spiro atoms. The lowest BCUT2D eigenvalue weighted by atomic mass is 9.99. The topological polar surface area (TPSA) is 468 Å². The van der Waals surface area contributed by atoms with Crippen LogP contribution in [0.4, 0.5) is 0 Å². The Kier molecular flexibility index (Phi) is 33.6. The van der Waals surface area contributed by atoms with Crippen molar-refractivity contribution in [2.75, 3.05) is 32.7 Å². The second-order valence-electron chi connectivity index (χ2n) is 35.7. The summed E-state index contributed by atoms with van der Waals surface area (Å²) >= 11 is 0. The molecular weight excluding hydrogens is 1840 g/mol. The zero-order valence-corrected chi connectivity index (χ0v) is 81.1. The standard InChI is InChI=1S/C28H25NO5.C25H25NO5.C22H22N2O5.C20H23NO5.C18H19NO5/c1-2-22(30)15-29-27(31)10-9-20-12-21-13-23-24(16-33-26(23)14-25(21)34-28(20)32)19-8-7-17-5-3-4-6-18(17)11-19;1-3-17(27)13-26-24(28)10-9-18-15(2)19-11-20-21(16-7-5-4-6-8-16)14-30-22(20)12-23(19)31-25(18)29;1-2-16(25)12-23-21(26)6-5-14-9-15-10-17-18(24-7-3-4-8-24)13-28-20(17)11-19(15)29-22(14)27;1-4-13(22)9-21-19(23)6-5-14-12(3)16-7-15-11(2)10-25-17(15)8-18(16)26-20(14)24;1-2-14(20)10-19-17(21)4-3-12-8-13-7-11-5-6-23-15(11)9-16(13)24-18(12)22/h3-8,11-14,16,22,30H,2,9-10,15H2,1H3,(H,29,31);4-8,11-12,14,17,27H,3,9-10,13H2,1-2H3,(H,26,28);3-4,7-11,13,16,25H,2,5-6,12H2,1H3,(H,23,26);7-8,10,13,22H,4-6,9H2,1-3H3,(H,21,23);5-9,14,20H,2-4,10H2,1H3,(H,19,21). The summed E-state index contributed by atoms with van der Waals surface area (Å²) in [5, 5.41) is 72.0. The highest BCUT2D eigenvalue weighted by atomic mass is 16.4. The van der Waals surface area contributed by atoms with Crippen molar-refractivity contribution in [3.8, 4) is 27.9 Å². The second-order valence-corrected chi connectivity index (χ2v) is 35.7. The summed E-state index contributed by atoms with van der Waals surface area (Å²) < 4.78 is 57.2. The number of hydrogen-bond donors (Lipinski definition) is 10. The van der Waals surface area contributed by atoms with E-state index >= 15 is 0 Å². The molecule has 19 rings (SSSR count). The maximum atomic E-state index is 12.6. The molecule has 10 N–H and O–H groups in total. The van der Waals surface area contributed by atoms with Crippen LogP contribution in [0.15, 0.2) is 282 Å². The van der Waals surface area contributed by atoms with Crippen molar-refractivity contribution < 1.29 is 93.7 Å². The van der Waals surface area contributed by atoms with Gasteiger partial charge in [0, 0.05) is 200 Å². The number of aromatic nitrogens is 1. The van der Waals surface area contributed by atoms with Gasteiger partial charge in [-0.15, -0.1) is 0 Å². The van der Waals surface area contributed by atoms with E-state index in [1.807, 2.05) is 163 Å². The van der Waals surface area contributed by atoms with Gasteiger partial charge < -0.3 is 101 Å². The minimum atomic E-state index is -0.566. The lowest BCUT2D eigenvalue weighted by Gasteiger charge is -2.10. The van der Waals surface area contributed by atoms with E-state index in [2.05, 4.69) is 56.9 Å². The summed E-state index contributed by atoms with van der Waals surface area (Å²) in [6.45, 7) is 16.0. The van der Waals surface area contributed by atoms with Gasteiger partial charge in [-0.2, -0.15) is 0 Å². The number of aryl methyl sites for hydroxylation is 6. The van der Waals surface area contributed by atoms with Crippen LogP contribution < -0.4 is 54.7 Å². The SMILES string of the molecule is CCC(O)CNC(=O)CCc1c(C)c2cc3c(-c4ccccc4)coc3cc2oc1=O.CCC(O)CNC(=O)CCc1c(C)c2cc3c(C)coc3cc2oc1=O.CCC(O)CNC(=O)CCc1cc2cc3c(-c4ccc5ccccc5c4)coc3cc2oc1=O.CCC(O)CNC(=O)CCc1cc2cc3c(-n4cccc4)coc3cc2oc1=O.CCC(O)CNC(=O)CCc1cc2cc3ccoc3cc2oc1=O. The third-order valence-corrected chi connectivity index (χ3v) is 25.6. The van der Waals surface area contributed by atoms with Crippen molar-refractivity contribution in [3.63, 3.8) is 0 Å². The molecule has 11 heterocycles. The van der Waals surface area contributed by atoms with Gasteiger partial charge in [0.25, 0.3) is 0 Å². The van der Waals surface area contributed by atoms with Gasteiger partial charge in [-0.25, -0.2) is 24.0 Å². The van der Waals surface area contributed by atoms with Gasteiger partial charge in [0.1, 0.15) is 62.1 Å². The summed E-state index contributed by atoms with van der Waals surface area (Å²) in [6.07, 6.45) is 14.4. The molecule has 0 aliphatic carbocycles. The van der Waals surface area contributed by atoms with E-state index < -0.39 is 58.6 Å². The molecule has 0 saturated heterocycles. The second kappa shape index (κ2) is 47.2. The van der Waals surface area contributed by atoms with Crippen molar-refractivity contribution in [2.24, 2.45) is 0 Å². The molecule has 5 unspecified atom stereocenters. The molecule has 0 saturated carbocycles. The minimum Gasteiger partial charge on any atom is -0.464 e. The predicted octanol–water partition coefficient (Wildman–Crippen LogP) is 18.0. The lowest BCUT2D eigenvalue weighted by molar-refractivity contribution is -0.122. The number of furan rings is 5. The van der Waals surface area contributed by atoms with Crippen molar-refractivity contribution in [3.05, 3.63) is 310 Å². The summed E-state index contributed by atoms with van der Waals surface area (Å²) in [7, 11) is 0. The van der Waals surface area contributed by atoms with E-state index in [0.29, 0.717) is 122 Å². The highest BCUT2D eigenvalue weighted by Gasteiger charge is 2.24. The van der Waals surface area contributed by atoms with Crippen molar-refractivity contribution in [1.82, 2.24) is 31.2 Å². The van der Waals surface area contributed by atoms with Crippen LogP contribution in [-0.2, 0) is 56.1 Å². The average molecular weight is 1960 g/mol. The average Bonchev–Trinajstić information content (AvgIpc) is 1.57. The van der Waals surface area contributed by atoms with Gasteiger partial charge >= 0.3 is 28.1 Å². The van der Waals surface area contributed by atoms with Crippen molar-refractivity contribution >= 4 is 150 Å². The van der Waals surface area contributed by atoms with Crippen LogP contribution in [0.1, 0.15) is 143 Å².